The Kier molecular flexibility index (Phi) is 15.7. The van der Waals surface area contributed by atoms with Crippen molar-refractivity contribution in [2.45, 2.75) is 88.9 Å². The molecule has 1 rings (SSSR count). The number of hydrogen-bond donors (Lipinski definition) is 2. The van der Waals surface area contributed by atoms with Crippen LogP contribution in [-0.2, 0) is 24.1 Å². The second kappa shape index (κ2) is 17.7. The van der Waals surface area contributed by atoms with E-state index in [1.165, 1.54) is 0 Å². The van der Waals surface area contributed by atoms with E-state index in [0.717, 1.165) is 31.2 Å². The molecule has 0 spiro atoms. The molecule has 1 amide bonds. The third-order valence-electron chi connectivity index (χ3n) is 5.58. The fraction of sp³-hybridized carbons (Fsp3) is 0.654. The third kappa shape index (κ3) is 11.6. The zero-order valence-electron chi connectivity index (χ0n) is 20.9. The molecule has 8 heteroatoms. The van der Waals surface area contributed by atoms with Crippen LogP contribution in [0.25, 0.3) is 0 Å². The van der Waals surface area contributed by atoms with Crippen LogP contribution in [0.1, 0.15) is 64.4 Å². The maximum Gasteiger partial charge on any atom is 0.207 e. The summed E-state index contributed by atoms with van der Waals surface area (Å²) >= 11 is 0. The van der Waals surface area contributed by atoms with Gasteiger partial charge in [-0.05, 0) is 51.2 Å². The minimum absolute atomic E-state index is 0.0927. The van der Waals surface area contributed by atoms with E-state index in [-0.39, 0.29) is 18.5 Å². The molecule has 194 valence electrons. The summed E-state index contributed by atoms with van der Waals surface area (Å²) in [6.07, 6.45) is 9.15. The van der Waals surface area contributed by atoms with Crippen molar-refractivity contribution in [3.8, 4) is 0 Å². The number of ether oxygens (including phenoxy) is 2. The van der Waals surface area contributed by atoms with Crippen LogP contribution in [0, 0.1) is 6.92 Å². The Morgan fingerprint density at radius 1 is 1.00 bits per heavy atom. The monoisotopic (exact) mass is 497 g/mol. The predicted octanol–water partition coefficient (Wildman–Crippen LogP) is 3.97. The summed E-state index contributed by atoms with van der Waals surface area (Å²) in [4.78, 5) is 11.4. The number of carbonyl (C=O) groups is 1. The van der Waals surface area contributed by atoms with Crippen molar-refractivity contribution in [3.05, 3.63) is 42.0 Å². The Labute approximate surface area is 205 Å². The molecule has 2 N–H and O–H groups in total. The van der Waals surface area contributed by atoms with Gasteiger partial charge in [0.05, 0.1) is 29.4 Å². The van der Waals surface area contributed by atoms with Crippen molar-refractivity contribution in [2.75, 3.05) is 25.6 Å². The highest BCUT2D eigenvalue weighted by Crippen LogP contribution is 2.17. The van der Waals surface area contributed by atoms with E-state index < -0.39 is 22.0 Å². The van der Waals surface area contributed by atoms with Crippen LogP contribution in [-0.4, -0.2) is 63.8 Å². The molecule has 0 aliphatic carbocycles. The normalized spacial score (nSPS) is 14.7. The number of allylic oxidation sites excluding steroid dienone is 1. The van der Waals surface area contributed by atoms with Crippen LogP contribution in [0.15, 0.2) is 41.3 Å². The molecule has 0 fully saturated rings. The second-order valence-corrected chi connectivity index (χ2v) is 10.6. The lowest BCUT2D eigenvalue weighted by atomic mass is 10.0. The molecular formula is C26H43NO6S. The smallest absolute Gasteiger partial charge is 0.207 e. The quantitative estimate of drug-likeness (QED) is 0.161. The van der Waals surface area contributed by atoms with Crippen LogP contribution in [0.3, 0.4) is 0 Å². The fourth-order valence-electron chi connectivity index (χ4n) is 3.46. The highest BCUT2D eigenvalue weighted by Gasteiger charge is 2.30. The van der Waals surface area contributed by atoms with Crippen molar-refractivity contribution < 1.29 is 27.8 Å². The van der Waals surface area contributed by atoms with Crippen LogP contribution in [0.2, 0.25) is 0 Å². The van der Waals surface area contributed by atoms with Crippen LogP contribution < -0.4 is 5.32 Å². The number of carbonyl (C=O) groups excluding carboxylic acids is 1. The number of unbranched alkanes of at least 4 members (excludes halogenated alkanes) is 3. The molecule has 0 aromatic heterocycles. The minimum Gasteiger partial charge on any atom is -0.394 e. The average molecular weight is 498 g/mol. The first kappa shape index (κ1) is 30.3. The SMILES string of the molecule is CCCCOC([C@H](CO)NC=O)[C@@H](C/C=C/CCCS(=O)(=O)c1ccc(C)cc1)OCCCC. The van der Waals surface area contributed by atoms with Gasteiger partial charge in [-0.15, -0.1) is 0 Å². The zero-order valence-corrected chi connectivity index (χ0v) is 21.8. The van der Waals surface area contributed by atoms with Crippen molar-refractivity contribution in [1.29, 1.82) is 0 Å². The van der Waals surface area contributed by atoms with Gasteiger partial charge in [-0.25, -0.2) is 8.42 Å². The molecule has 0 saturated carbocycles. The van der Waals surface area contributed by atoms with Gasteiger partial charge >= 0.3 is 0 Å². The first-order valence-electron chi connectivity index (χ1n) is 12.4. The molecule has 0 radical (unpaired) electrons. The highest BCUT2D eigenvalue weighted by atomic mass is 32.2. The van der Waals surface area contributed by atoms with Gasteiger partial charge in [-0.1, -0.05) is 56.5 Å². The number of benzene rings is 1. The third-order valence-corrected chi connectivity index (χ3v) is 7.40. The molecule has 1 aromatic rings. The van der Waals surface area contributed by atoms with Gasteiger partial charge in [0.1, 0.15) is 6.10 Å². The van der Waals surface area contributed by atoms with Crippen LogP contribution >= 0.6 is 0 Å². The molecule has 34 heavy (non-hydrogen) atoms. The Hall–Kier alpha value is -1.74. The van der Waals surface area contributed by atoms with Gasteiger partial charge in [0.2, 0.25) is 6.41 Å². The van der Waals surface area contributed by atoms with Gasteiger partial charge < -0.3 is 19.9 Å². The molecule has 0 saturated heterocycles. The number of sulfone groups is 1. The molecular weight excluding hydrogens is 454 g/mol. The van der Waals surface area contributed by atoms with Crippen molar-refractivity contribution in [1.82, 2.24) is 5.32 Å². The summed E-state index contributed by atoms with van der Waals surface area (Å²) in [5.74, 6) is 0.0927. The van der Waals surface area contributed by atoms with Crippen molar-refractivity contribution in [3.63, 3.8) is 0 Å². The molecule has 0 bridgehead atoms. The molecule has 1 aromatic carbocycles. The van der Waals surface area contributed by atoms with E-state index in [0.29, 0.717) is 43.8 Å². The molecule has 3 atom stereocenters. The number of aliphatic hydroxyl groups excluding tert-OH is 1. The Bertz CT molecular complexity index is 794. The molecule has 1 unspecified atom stereocenters. The van der Waals surface area contributed by atoms with E-state index in [4.69, 9.17) is 9.47 Å². The Morgan fingerprint density at radius 2 is 1.65 bits per heavy atom. The standard InChI is InChI=1S/C26H43NO6S/c1-4-6-17-32-25(26(33-18-7-5-2)24(20-28)27-21-29)12-10-8-9-11-19-34(30,31)23-15-13-22(3)14-16-23/h8,10,13-16,21,24-26,28H,4-7,9,11-12,17-20H2,1-3H3,(H,27,29)/b10-8+/t24-,25+,26?/m0/s1. The summed E-state index contributed by atoms with van der Waals surface area (Å²) in [6, 6.07) is 6.37. The first-order valence-corrected chi connectivity index (χ1v) is 14.0. The molecule has 7 nitrogen and oxygen atoms in total. The number of aliphatic hydroxyl groups is 1. The number of rotatable bonds is 20. The zero-order chi connectivity index (χ0) is 25.2. The van der Waals surface area contributed by atoms with Crippen molar-refractivity contribution in [2.24, 2.45) is 0 Å². The summed E-state index contributed by atoms with van der Waals surface area (Å²) < 4.78 is 37.1. The molecule has 0 aliphatic rings. The summed E-state index contributed by atoms with van der Waals surface area (Å²) in [5.41, 5.74) is 1.03. The molecule has 0 aliphatic heterocycles. The van der Waals surface area contributed by atoms with E-state index in [1.807, 2.05) is 31.2 Å². The van der Waals surface area contributed by atoms with Gasteiger partial charge in [0.25, 0.3) is 0 Å². The van der Waals surface area contributed by atoms with E-state index in [1.54, 1.807) is 12.1 Å². The predicted molar refractivity (Wildman–Crippen MR) is 136 cm³/mol. The van der Waals surface area contributed by atoms with E-state index in [2.05, 4.69) is 19.2 Å². The number of aryl methyl sites for hydroxylation is 1. The van der Waals surface area contributed by atoms with E-state index >= 15 is 0 Å². The summed E-state index contributed by atoms with van der Waals surface area (Å²) in [5, 5.41) is 12.4. The van der Waals surface area contributed by atoms with E-state index in [9.17, 15) is 18.3 Å². The van der Waals surface area contributed by atoms with Crippen LogP contribution in [0.4, 0.5) is 0 Å². The second-order valence-electron chi connectivity index (χ2n) is 8.51. The average Bonchev–Trinajstić information content (AvgIpc) is 2.82. The maximum atomic E-state index is 12.5. The van der Waals surface area contributed by atoms with Crippen LogP contribution in [0.5, 0.6) is 0 Å². The summed E-state index contributed by atoms with van der Waals surface area (Å²) in [7, 11) is -3.29. The molecule has 0 heterocycles. The lowest BCUT2D eigenvalue weighted by molar-refractivity contribution is -0.117. The van der Waals surface area contributed by atoms with Gasteiger partial charge in [0.15, 0.2) is 9.84 Å². The first-order chi connectivity index (χ1) is 16.4. The number of amides is 1. The van der Waals surface area contributed by atoms with Crippen molar-refractivity contribution >= 4 is 16.2 Å². The largest absolute Gasteiger partial charge is 0.394 e. The van der Waals surface area contributed by atoms with Gasteiger partial charge in [0, 0.05) is 13.2 Å². The Morgan fingerprint density at radius 3 is 2.24 bits per heavy atom. The van der Waals surface area contributed by atoms with Gasteiger partial charge in [-0.2, -0.15) is 0 Å². The maximum absolute atomic E-state index is 12.5. The lowest BCUT2D eigenvalue weighted by Crippen LogP contribution is -2.50. The Balaban J connectivity index is 2.72. The highest BCUT2D eigenvalue weighted by molar-refractivity contribution is 7.91. The fourth-order valence-corrected chi connectivity index (χ4v) is 4.80. The lowest BCUT2D eigenvalue weighted by Gasteiger charge is -2.32. The number of hydrogen-bond acceptors (Lipinski definition) is 6. The summed E-state index contributed by atoms with van der Waals surface area (Å²) in [6.45, 7) is 6.93. The number of nitrogens with one attached hydrogen (secondary N) is 1. The minimum atomic E-state index is -3.29. The topological polar surface area (TPSA) is 102 Å². The van der Waals surface area contributed by atoms with Gasteiger partial charge in [-0.3, -0.25) is 4.79 Å².